The number of halogens is 1. The normalized spacial score (nSPS) is 29.8. The number of likely N-dealkylation sites (N-methyl/N-ethyl adjacent to an activating group) is 1. The van der Waals surface area contributed by atoms with Crippen LogP contribution in [0.4, 0.5) is 15.3 Å². The van der Waals surface area contributed by atoms with Gasteiger partial charge in [0.25, 0.3) is 11.8 Å². The Kier molecular flexibility index (Phi) is 15.6. The molecule has 4 bridgehead atoms. The largest absolute Gasteiger partial charge is 0.495 e. The number of amides is 5. The van der Waals surface area contributed by atoms with Crippen LogP contribution in [0.1, 0.15) is 64.9 Å². The quantitative estimate of drug-likeness (QED) is 0.111. The molecule has 0 radical (unpaired) electrons. The van der Waals surface area contributed by atoms with Gasteiger partial charge in [0.1, 0.15) is 41.2 Å². The first-order valence-corrected chi connectivity index (χ1v) is 21.9. The van der Waals surface area contributed by atoms with E-state index in [4.69, 9.17) is 44.8 Å². The number of carbonyl (C=O) groups excluding carboxylic acids is 7. The zero-order valence-electron chi connectivity index (χ0n) is 37.5. The van der Waals surface area contributed by atoms with Crippen molar-refractivity contribution in [1.82, 2.24) is 15.1 Å². The lowest BCUT2D eigenvalue weighted by Crippen LogP contribution is -2.63. The molecule has 0 unspecified atom stereocenters. The third-order valence-corrected chi connectivity index (χ3v) is 13.2. The van der Waals surface area contributed by atoms with E-state index in [1.54, 1.807) is 31.2 Å². The fourth-order valence-electron chi connectivity index (χ4n) is 8.60. The number of fused-ring (bicyclic) bond motifs is 5. The average molecular weight is 929 g/mol. The summed E-state index contributed by atoms with van der Waals surface area (Å²) in [6, 6.07) is 2.25. The Hall–Kier alpha value is -5.50. The van der Waals surface area contributed by atoms with E-state index in [0.717, 1.165) is 16.0 Å². The minimum absolute atomic E-state index is 0.0526. The Balaban J connectivity index is 1.13. The van der Waals surface area contributed by atoms with E-state index in [9.17, 15) is 38.7 Å². The van der Waals surface area contributed by atoms with Crippen molar-refractivity contribution < 1.29 is 71.8 Å². The number of nitrogens with one attached hydrogen (secondary N) is 1. The smallest absolute Gasteiger partial charge is 0.413 e. The molecule has 20 heteroatoms. The van der Waals surface area contributed by atoms with Gasteiger partial charge in [-0.3, -0.25) is 34.3 Å². The van der Waals surface area contributed by atoms with E-state index in [-0.39, 0.29) is 35.7 Å². The van der Waals surface area contributed by atoms with Crippen molar-refractivity contribution in [2.24, 2.45) is 17.8 Å². The Morgan fingerprint density at radius 2 is 1.74 bits per heavy atom. The number of nitrogens with zero attached hydrogens (tertiary/aromatic N) is 3. The van der Waals surface area contributed by atoms with Crippen LogP contribution >= 0.6 is 11.6 Å². The van der Waals surface area contributed by atoms with Gasteiger partial charge in [0.05, 0.1) is 31.2 Å². The van der Waals surface area contributed by atoms with E-state index in [0.29, 0.717) is 43.5 Å². The molecule has 354 valence electrons. The number of carbonyl (C=O) groups is 7. The minimum Gasteiger partial charge on any atom is -0.495 e. The van der Waals surface area contributed by atoms with Gasteiger partial charge in [0.2, 0.25) is 12.7 Å². The molecule has 19 nitrogen and oxygen atoms in total. The highest BCUT2D eigenvalue weighted by molar-refractivity contribution is 6.35. The number of epoxide rings is 1. The molecule has 65 heavy (non-hydrogen) atoms. The first kappa shape index (κ1) is 48.9. The zero-order chi connectivity index (χ0) is 47.3. The molecule has 2 N–H and O–H groups in total. The van der Waals surface area contributed by atoms with Crippen LogP contribution in [-0.4, -0.2) is 141 Å². The third kappa shape index (κ3) is 11.5. The molecule has 4 heterocycles. The molecule has 0 spiro atoms. The summed E-state index contributed by atoms with van der Waals surface area (Å²) in [5.74, 6) is -3.34. The monoisotopic (exact) mass is 928 g/mol. The Bertz CT molecular complexity index is 2100. The first-order valence-electron chi connectivity index (χ1n) is 21.5. The average Bonchev–Trinajstić information content (AvgIpc) is 4.02. The van der Waals surface area contributed by atoms with Crippen LogP contribution in [0.5, 0.6) is 5.75 Å². The number of hydrogen-bond acceptors (Lipinski definition) is 15. The summed E-state index contributed by atoms with van der Waals surface area (Å²) in [6.45, 7) is 4.60. The molecule has 4 aliphatic heterocycles. The number of alkyl carbamates (subject to hydrolysis) is 1. The van der Waals surface area contributed by atoms with Gasteiger partial charge in [0.15, 0.2) is 5.72 Å². The second-order valence-electron chi connectivity index (χ2n) is 17.2. The highest BCUT2D eigenvalue weighted by atomic mass is 35.5. The van der Waals surface area contributed by atoms with Crippen molar-refractivity contribution in [3.63, 3.8) is 0 Å². The summed E-state index contributed by atoms with van der Waals surface area (Å²) in [7, 11) is 5.68. The fraction of sp³-hybridized carbons (Fsp3) is 0.578. The maximum absolute atomic E-state index is 14.1. The minimum atomic E-state index is -1.87. The molecular formula is C45H57ClN4O15. The van der Waals surface area contributed by atoms with Gasteiger partial charge < -0.3 is 43.2 Å². The maximum atomic E-state index is 14.1. The van der Waals surface area contributed by atoms with Crippen molar-refractivity contribution in [2.75, 3.05) is 46.6 Å². The van der Waals surface area contributed by atoms with Gasteiger partial charge in [-0.25, -0.2) is 14.4 Å². The fourth-order valence-corrected chi connectivity index (χ4v) is 8.91. The summed E-state index contributed by atoms with van der Waals surface area (Å²) >= 11 is 6.75. The van der Waals surface area contributed by atoms with Crippen LogP contribution in [0.15, 0.2) is 48.1 Å². The van der Waals surface area contributed by atoms with Crippen LogP contribution < -0.4 is 15.0 Å². The van der Waals surface area contributed by atoms with Gasteiger partial charge in [0, 0.05) is 52.2 Å². The molecule has 5 aliphatic rings. The third-order valence-electron chi connectivity index (χ3n) is 12.8. The number of aliphatic hydroxyl groups is 1. The molecule has 3 fully saturated rings. The number of anilines is 1. The lowest BCUT2D eigenvalue weighted by molar-refractivity contribution is -0.161. The predicted octanol–water partition coefficient (Wildman–Crippen LogP) is 3.97. The van der Waals surface area contributed by atoms with Crippen LogP contribution in [-0.2, 0) is 58.8 Å². The van der Waals surface area contributed by atoms with E-state index in [1.165, 1.54) is 57.2 Å². The highest BCUT2D eigenvalue weighted by Gasteiger charge is 2.56. The van der Waals surface area contributed by atoms with E-state index < -0.39 is 97.4 Å². The number of allylic oxidation sites excluding steroid dienone is 3. The lowest BCUT2D eigenvalue weighted by atomic mass is 9.82. The second-order valence-corrected chi connectivity index (χ2v) is 17.6. The van der Waals surface area contributed by atoms with Crippen LogP contribution in [0.25, 0.3) is 0 Å². The van der Waals surface area contributed by atoms with Crippen molar-refractivity contribution in [2.45, 2.75) is 108 Å². The number of esters is 2. The molecule has 2 saturated heterocycles. The van der Waals surface area contributed by atoms with Crippen LogP contribution in [0.2, 0.25) is 5.02 Å². The zero-order valence-corrected chi connectivity index (χ0v) is 38.2. The topological polar surface area (TPSA) is 229 Å². The van der Waals surface area contributed by atoms with Gasteiger partial charge in [-0.1, -0.05) is 42.3 Å². The number of ether oxygens (including phenoxy) is 7. The molecule has 1 aromatic carbocycles. The van der Waals surface area contributed by atoms with E-state index >= 15 is 0 Å². The number of hydrogen-bond donors (Lipinski definition) is 2. The Morgan fingerprint density at radius 3 is 2.40 bits per heavy atom. The molecular weight excluding hydrogens is 872 g/mol. The van der Waals surface area contributed by atoms with Crippen molar-refractivity contribution in [3.8, 4) is 5.75 Å². The predicted molar refractivity (Wildman–Crippen MR) is 230 cm³/mol. The lowest BCUT2D eigenvalue weighted by Gasteiger charge is -2.41. The molecule has 0 aromatic heterocycles. The Morgan fingerprint density at radius 1 is 1.05 bits per heavy atom. The second kappa shape index (κ2) is 20.8. The Labute approximate surface area is 381 Å². The number of imide groups is 1. The highest BCUT2D eigenvalue weighted by Crippen LogP contribution is 2.42. The summed E-state index contributed by atoms with van der Waals surface area (Å²) in [5.41, 5.74) is 0.114. The molecule has 8 atom stereocenters. The number of methoxy groups -OCH3 is 2. The summed E-state index contributed by atoms with van der Waals surface area (Å²) in [6.07, 6.45) is 3.14. The number of benzene rings is 1. The molecule has 1 aliphatic carbocycles. The molecule has 6 rings (SSSR count). The molecule has 5 amide bonds. The SMILES string of the molecule is COc1cc2cc(c1Cl)N(C)C(=O)C[C@H](OC(=O)[C@H](C)N(C)C(=O)OCOC(=O)C1CCC(CN3C(=O)C=CC3=O)CC1)[C@@H]1O[C@H]1[C@H](C)[C@@H]1C[C@@](O)(NC(=O)O1)[C@H](OC)C=CC=C(C)C2. The van der Waals surface area contributed by atoms with Gasteiger partial charge in [-0.2, -0.15) is 0 Å². The van der Waals surface area contributed by atoms with Crippen LogP contribution in [0, 0.1) is 17.8 Å². The standard InChI is InChI=1S/C45H57ClN4O15/c1-24-9-8-10-34(60-7)45(58)21-33(64-43(56)47-45)25(2)39-40(65-39)32(20-37(53)49(5)30-18-28(17-24)19-31(59-6)38(30)46)63-41(54)26(3)48(4)44(57)62-23-61-42(55)29-13-11-27(12-14-29)22-50-35(51)15-16-36(50)52/h8-10,15-16,18-19,25-27,29,32-34,39-40,58H,11-14,17,20-23H2,1-7H3,(H,47,56)/t25-,26+,27?,29?,32+,33+,34-,39+,40+,45+/m1/s1. The van der Waals surface area contributed by atoms with Crippen molar-refractivity contribution >= 4 is 59.1 Å². The molecule has 1 aromatic rings. The summed E-state index contributed by atoms with van der Waals surface area (Å²) < 4.78 is 39.2. The first-order chi connectivity index (χ1) is 30.8. The van der Waals surface area contributed by atoms with Crippen molar-refractivity contribution in [1.29, 1.82) is 0 Å². The maximum Gasteiger partial charge on any atom is 0.413 e. The summed E-state index contributed by atoms with van der Waals surface area (Å²) in [4.78, 5) is 94.0. The summed E-state index contributed by atoms with van der Waals surface area (Å²) in [5, 5.41) is 14.4. The van der Waals surface area contributed by atoms with E-state index in [1.807, 2.05) is 13.0 Å². The van der Waals surface area contributed by atoms with Gasteiger partial charge in [-0.15, -0.1) is 0 Å². The van der Waals surface area contributed by atoms with E-state index in [2.05, 4.69) is 5.32 Å². The van der Waals surface area contributed by atoms with Gasteiger partial charge >= 0.3 is 24.1 Å². The number of rotatable bonds is 10. The van der Waals surface area contributed by atoms with Crippen LogP contribution in [0.3, 0.4) is 0 Å². The molecule has 1 saturated carbocycles. The van der Waals surface area contributed by atoms with Gasteiger partial charge in [-0.05, 0) is 69.6 Å². The van der Waals surface area contributed by atoms with Crippen molar-refractivity contribution in [3.05, 3.63) is 58.7 Å².